The predicted octanol–water partition coefficient (Wildman–Crippen LogP) is 1.37. The van der Waals surface area contributed by atoms with E-state index in [1.54, 1.807) is 0 Å². The van der Waals surface area contributed by atoms with Crippen LogP contribution in [-0.2, 0) is 65.4 Å². The van der Waals surface area contributed by atoms with Crippen LogP contribution < -0.4 is 0 Å². The molecule has 2 radical (unpaired) electrons. The van der Waals surface area contributed by atoms with Gasteiger partial charge in [-0.1, -0.05) is 19.8 Å². The molecule has 1 aliphatic carbocycles. The van der Waals surface area contributed by atoms with Crippen LogP contribution in [0.1, 0.15) is 26.2 Å². The van der Waals surface area contributed by atoms with Crippen molar-refractivity contribution in [1.29, 1.82) is 0 Å². The van der Waals surface area contributed by atoms with E-state index in [0.717, 1.165) is 12.8 Å². The van der Waals surface area contributed by atoms with Crippen molar-refractivity contribution in [3.8, 4) is 0 Å². The zero-order valence-electron chi connectivity index (χ0n) is 6.46. The van der Waals surface area contributed by atoms with Crippen LogP contribution in [0.4, 0.5) is 0 Å². The van der Waals surface area contributed by atoms with Crippen molar-refractivity contribution in [2.24, 2.45) is 5.92 Å². The Kier molecular flexibility index (Phi) is 11.4. The van der Waals surface area contributed by atoms with Gasteiger partial charge in [-0.3, -0.25) is 0 Å². The van der Waals surface area contributed by atoms with Crippen molar-refractivity contribution < 1.29 is 70.5 Å². The van der Waals surface area contributed by atoms with Gasteiger partial charge in [0, 0.05) is 71.5 Å². The van der Waals surface area contributed by atoms with Crippen LogP contribution in [0.15, 0.2) is 0 Å². The van der Waals surface area contributed by atoms with Gasteiger partial charge in [-0.05, 0) is 0 Å². The normalized spacial score (nSPS) is 30.6. The third-order valence-corrected chi connectivity index (χ3v) is 1.84. The SMILES string of the molecule is CCC1[CH-]CC(O)C1.[Y].[Y]. The van der Waals surface area contributed by atoms with Crippen molar-refractivity contribution >= 4 is 0 Å². The Labute approximate surface area is 113 Å². The van der Waals surface area contributed by atoms with Crippen LogP contribution in [0.2, 0.25) is 0 Å². The van der Waals surface area contributed by atoms with E-state index in [1.165, 1.54) is 6.42 Å². The topological polar surface area (TPSA) is 20.2 Å². The summed E-state index contributed by atoms with van der Waals surface area (Å²) in [6.07, 6.45) is 5.30. The van der Waals surface area contributed by atoms with Crippen LogP contribution >= 0.6 is 0 Å². The van der Waals surface area contributed by atoms with Gasteiger partial charge in [-0.25, -0.2) is 0 Å². The smallest absolute Gasteiger partial charge is 0.0250 e. The van der Waals surface area contributed by atoms with Gasteiger partial charge in [0.05, 0.1) is 0 Å². The third kappa shape index (κ3) is 4.93. The van der Waals surface area contributed by atoms with Gasteiger partial charge in [0.1, 0.15) is 0 Å². The van der Waals surface area contributed by atoms with Gasteiger partial charge >= 0.3 is 0 Å². The predicted molar refractivity (Wildman–Crippen MR) is 33.3 cm³/mol. The Morgan fingerprint density at radius 2 is 2.10 bits per heavy atom. The summed E-state index contributed by atoms with van der Waals surface area (Å²) in [7, 11) is 0. The molecule has 1 saturated carbocycles. The molecular formula is C7H13OY2-. The molecule has 0 spiro atoms. The first-order valence-corrected chi connectivity index (χ1v) is 3.34. The number of hydrogen-bond acceptors (Lipinski definition) is 1. The summed E-state index contributed by atoms with van der Waals surface area (Å²) >= 11 is 0. The van der Waals surface area contributed by atoms with E-state index in [4.69, 9.17) is 5.11 Å². The minimum Gasteiger partial charge on any atom is -0.396 e. The summed E-state index contributed by atoms with van der Waals surface area (Å²) in [5.41, 5.74) is 0. The molecule has 1 N–H and O–H groups in total. The molecule has 0 saturated heterocycles. The summed E-state index contributed by atoms with van der Waals surface area (Å²) in [6.45, 7) is 2.17. The summed E-state index contributed by atoms with van der Waals surface area (Å²) in [4.78, 5) is 0. The molecule has 0 aliphatic heterocycles. The molecule has 0 amide bonds. The summed E-state index contributed by atoms with van der Waals surface area (Å²) < 4.78 is 0. The second-order valence-corrected chi connectivity index (χ2v) is 2.53. The Morgan fingerprint density at radius 1 is 1.50 bits per heavy atom. The van der Waals surface area contributed by atoms with Crippen molar-refractivity contribution in [3.63, 3.8) is 0 Å². The molecule has 2 unspecified atom stereocenters. The molecule has 0 heterocycles. The maximum Gasteiger partial charge on any atom is 0.0250 e. The van der Waals surface area contributed by atoms with Crippen LogP contribution in [0, 0.1) is 12.3 Å². The largest absolute Gasteiger partial charge is 0.396 e. The van der Waals surface area contributed by atoms with E-state index in [0.29, 0.717) is 5.92 Å². The number of rotatable bonds is 1. The Morgan fingerprint density at radius 3 is 2.30 bits per heavy atom. The quantitative estimate of drug-likeness (QED) is 0.723. The van der Waals surface area contributed by atoms with Gasteiger partial charge in [-0.15, -0.1) is 0 Å². The molecule has 0 aromatic heterocycles. The van der Waals surface area contributed by atoms with Crippen LogP contribution in [-0.4, -0.2) is 11.2 Å². The van der Waals surface area contributed by atoms with Crippen molar-refractivity contribution in [1.82, 2.24) is 0 Å². The van der Waals surface area contributed by atoms with Crippen molar-refractivity contribution in [2.75, 3.05) is 0 Å². The molecule has 54 valence electrons. The zero-order valence-corrected chi connectivity index (χ0v) is 12.1. The van der Waals surface area contributed by atoms with Crippen LogP contribution in [0.25, 0.3) is 0 Å². The Hall–Kier alpha value is 2.17. The fraction of sp³-hybridized carbons (Fsp3) is 0.857. The molecular weight excluding hydrogens is 278 g/mol. The van der Waals surface area contributed by atoms with E-state index in [9.17, 15) is 0 Å². The number of aliphatic hydroxyl groups is 1. The summed E-state index contributed by atoms with van der Waals surface area (Å²) in [6, 6.07) is 0. The summed E-state index contributed by atoms with van der Waals surface area (Å²) in [5.74, 6) is 0.699. The number of aliphatic hydroxyl groups excluding tert-OH is 1. The molecule has 10 heavy (non-hydrogen) atoms. The molecule has 0 aromatic rings. The second kappa shape index (κ2) is 7.80. The molecule has 1 fully saturated rings. The third-order valence-electron chi connectivity index (χ3n) is 1.84. The first kappa shape index (κ1) is 14.7. The molecule has 0 aromatic carbocycles. The molecule has 1 rings (SSSR count). The fourth-order valence-corrected chi connectivity index (χ4v) is 1.22. The van der Waals surface area contributed by atoms with E-state index < -0.39 is 0 Å². The van der Waals surface area contributed by atoms with Crippen LogP contribution in [0.5, 0.6) is 0 Å². The Balaban J connectivity index is 0. The van der Waals surface area contributed by atoms with Crippen molar-refractivity contribution in [2.45, 2.75) is 32.3 Å². The maximum absolute atomic E-state index is 9.00. The first-order chi connectivity index (χ1) is 3.83. The average Bonchev–Trinajstić information content (AvgIpc) is 2.14. The van der Waals surface area contributed by atoms with E-state index >= 15 is 0 Å². The van der Waals surface area contributed by atoms with Gasteiger partial charge in [0.15, 0.2) is 0 Å². The molecule has 1 aliphatic rings. The number of hydrogen-bond donors (Lipinski definition) is 1. The maximum atomic E-state index is 9.00. The molecule has 1 nitrogen and oxygen atoms in total. The van der Waals surface area contributed by atoms with Gasteiger partial charge < -0.3 is 11.5 Å². The van der Waals surface area contributed by atoms with Gasteiger partial charge in [-0.2, -0.15) is 12.3 Å². The summed E-state index contributed by atoms with van der Waals surface area (Å²) in [5, 5.41) is 9.00. The van der Waals surface area contributed by atoms with E-state index in [-0.39, 0.29) is 71.5 Å². The minimum absolute atomic E-state index is 0. The zero-order chi connectivity index (χ0) is 5.98. The molecule has 2 atom stereocenters. The molecule has 3 heteroatoms. The standard InChI is InChI=1S/C7H13O.2Y/c1-2-6-3-4-7(8)5-6;;/h3,6-8H,2,4-5H2,1H3;;/q-1;;. The average molecular weight is 291 g/mol. The molecule has 0 bridgehead atoms. The Bertz CT molecular complexity index is 78.0. The van der Waals surface area contributed by atoms with E-state index in [1.807, 2.05) is 0 Å². The van der Waals surface area contributed by atoms with E-state index in [2.05, 4.69) is 13.3 Å². The van der Waals surface area contributed by atoms with Gasteiger partial charge in [0.25, 0.3) is 0 Å². The first-order valence-electron chi connectivity index (χ1n) is 3.34. The van der Waals surface area contributed by atoms with Gasteiger partial charge in [0.2, 0.25) is 0 Å². The minimum atomic E-state index is -0.0278. The second-order valence-electron chi connectivity index (χ2n) is 2.53. The van der Waals surface area contributed by atoms with Crippen LogP contribution in [0.3, 0.4) is 0 Å². The fourth-order valence-electron chi connectivity index (χ4n) is 1.22. The monoisotopic (exact) mass is 291 g/mol. The van der Waals surface area contributed by atoms with Crippen molar-refractivity contribution in [3.05, 3.63) is 6.42 Å².